The zero-order valence-electron chi connectivity index (χ0n) is 9.81. The van der Waals surface area contributed by atoms with Gasteiger partial charge in [-0.15, -0.1) is 0 Å². The summed E-state index contributed by atoms with van der Waals surface area (Å²) in [4.78, 5) is 11.8. The van der Waals surface area contributed by atoms with Gasteiger partial charge in [0.15, 0.2) is 0 Å². The Bertz CT molecular complexity index is 210. The minimum absolute atomic E-state index is 0.0703. The van der Waals surface area contributed by atoms with Crippen molar-refractivity contribution in [1.29, 1.82) is 0 Å². The van der Waals surface area contributed by atoms with Crippen LogP contribution in [0.2, 0.25) is 0 Å². The summed E-state index contributed by atoms with van der Waals surface area (Å²) >= 11 is 3.41. The Labute approximate surface area is 101 Å². The Morgan fingerprint density at radius 1 is 1.40 bits per heavy atom. The van der Waals surface area contributed by atoms with E-state index in [9.17, 15) is 4.79 Å². The predicted octanol–water partition coefficient (Wildman–Crippen LogP) is 3.25. The fraction of sp³-hybridized carbons (Fsp3) is 0.917. The minimum Gasteiger partial charge on any atom is -0.351 e. The van der Waals surface area contributed by atoms with Gasteiger partial charge in [0.05, 0.1) is 0 Å². The summed E-state index contributed by atoms with van der Waals surface area (Å²) in [5, 5.41) is 4.05. The zero-order valence-corrected chi connectivity index (χ0v) is 11.4. The molecule has 0 radical (unpaired) electrons. The molecule has 1 N–H and O–H groups in total. The van der Waals surface area contributed by atoms with E-state index in [2.05, 4.69) is 35.1 Å². The van der Waals surface area contributed by atoms with Gasteiger partial charge in [-0.05, 0) is 39.0 Å². The molecule has 0 unspecified atom stereocenters. The summed E-state index contributed by atoms with van der Waals surface area (Å²) < 4.78 is 0. The van der Waals surface area contributed by atoms with Gasteiger partial charge in [0.1, 0.15) is 0 Å². The first-order valence-electron chi connectivity index (χ1n) is 5.90. The molecule has 1 fully saturated rings. The Balaban J connectivity index is 2.27. The molecule has 0 spiro atoms. The number of nitrogens with one attached hydrogen (secondary N) is 1. The highest BCUT2D eigenvalue weighted by Crippen LogP contribution is 2.27. The van der Waals surface area contributed by atoms with Crippen LogP contribution in [0, 0.1) is 5.92 Å². The summed E-state index contributed by atoms with van der Waals surface area (Å²) in [6.45, 7) is 4.17. The molecule has 0 heterocycles. The van der Waals surface area contributed by atoms with Crippen LogP contribution in [-0.2, 0) is 4.79 Å². The molecule has 0 aromatic heterocycles. The summed E-state index contributed by atoms with van der Waals surface area (Å²) in [5.74, 6) is 0.873. The number of rotatable bonds is 5. The Hall–Kier alpha value is -0.0500. The van der Waals surface area contributed by atoms with Gasteiger partial charge in [-0.2, -0.15) is 0 Å². The van der Waals surface area contributed by atoms with Gasteiger partial charge in [-0.25, -0.2) is 0 Å². The molecule has 0 aromatic carbocycles. The van der Waals surface area contributed by atoms with Crippen LogP contribution in [0.1, 0.15) is 52.4 Å². The largest absolute Gasteiger partial charge is 0.351 e. The molecule has 0 atom stereocenters. The summed E-state index contributed by atoms with van der Waals surface area (Å²) in [7, 11) is 0. The number of amides is 1. The lowest BCUT2D eigenvalue weighted by Gasteiger charge is -2.26. The smallest absolute Gasteiger partial charge is 0.220 e. The lowest BCUT2D eigenvalue weighted by atomic mass is 9.99. The maximum Gasteiger partial charge on any atom is 0.220 e. The maximum atomic E-state index is 11.8. The number of hydrogen-bond donors (Lipinski definition) is 1. The molecule has 0 aromatic rings. The number of halogens is 1. The van der Waals surface area contributed by atoms with E-state index in [0.717, 1.165) is 18.2 Å². The fourth-order valence-corrected chi connectivity index (χ4v) is 3.20. The van der Waals surface area contributed by atoms with Gasteiger partial charge in [-0.3, -0.25) is 4.79 Å². The van der Waals surface area contributed by atoms with Gasteiger partial charge < -0.3 is 5.32 Å². The molecular weight excluding hydrogens is 254 g/mol. The molecule has 1 amide bonds. The van der Waals surface area contributed by atoms with E-state index in [1.54, 1.807) is 0 Å². The molecule has 3 heteroatoms. The normalized spacial score (nSPS) is 18.1. The first-order valence-corrected chi connectivity index (χ1v) is 7.02. The van der Waals surface area contributed by atoms with Crippen LogP contribution >= 0.6 is 15.9 Å². The Morgan fingerprint density at radius 2 is 2.00 bits per heavy atom. The second-order valence-electron chi connectivity index (χ2n) is 5.23. The third-order valence-electron chi connectivity index (χ3n) is 3.15. The van der Waals surface area contributed by atoms with Crippen LogP contribution < -0.4 is 5.32 Å². The average Bonchev–Trinajstić information content (AvgIpc) is 2.54. The first kappa shape index (κ1) is 13.0. The van der Waals surface area contributed by atoms with E-state index < -0.39 is 0 Å². The first-order chi connectivity index (χ1) is 7.03. The molecule has 2 nitrogen and oxygen atoms in total. The van der Waals surface area contributed by atoms with Crippen molar-refractivity contribution in [3.63, 3.8) is 0 Å². The predicted molar refractivity (Wildman–Crippen MR) is 67.2 cm³/mol. The molecule has 0 saturated heterocycles. The summed E-state index contributed by atoms with van der Waals surface area (Å²) in [6, 6.07) is 0. The standard InChI is InChI=1S/C12H22BrNO/c1-12(2,7-8-13)14-11(15)9-10-5-3-4-6-10/h10H,3-9H2,1-2H3,(H,14,15). The van der Waals surface area contributed by atoms with Crippen molar-refractivity contribution in [2.45, 2.75) is 57.9 Å². The van der Waals surface area contributed by atoms with Crippen LogP contribution in [0.25, 0.3) is 0 Å². The highest BCUT2D eigenvalue weighted by molar-refractivity contribution is 9.09. The Kier molecular flexibility index (Phi) is 5.10. The molecule has 15 heavy (non-hydrogen) atoms. The Morgan fingerprint density at radius 3 is 2.53 bits per heavy atom. The van der Waals surface area contributed by atoms with Crippen LogP contribution in [0.5, 0.6) is 0 Å². The highest BCUT2D eigenvalue weighted by atomic mass is 79.9. The topological polar surface area (TPSA) is 29.1 Å². The van der Waals surface area contributed by atoms with Gasteiger partial charge in [0, 0.05) is 17.3 Å². The maximum absolute atomic E-state index is 11.8. The summed E-state index contributed by atoms with van der Waals surface area (Å²) in [6.07, 6.45) is 6.80. The molecule has 1 aliphatic rings. The number of carbonyl (C=O) groups is 1. The number of hydrogen-bond acceptors (Lipinski definition) is 1. The SMILES string of the molecule is CC(C)(CCBr)NC(=O)CC1CCCC1. The van der Waals surface area contributed by atoms with E-state index >= 15 is 0 Å². The number of alkyl halides is 1. The average molecular weight is 276 g/mol. The van der Waals surface area contributed by atoms with Crippen LogP contribution in [0.4, 0.5) is 0 Å². The van der Waals surface area contributed by atoms with Crippen molar-refractivity contribution < 1.29 is 4.79 Å². The van der Waals surface area contributed by atoms with Gasteiger partial charge in [-0.1, -0.05) is 28.8 Å². The molecule has 1 saturated carbocycles. The third-order valence-corrected chi connectivity index (χ3v) is 3.54. The van der Waals surface area contributed by atoms with Crippen molar-refractivity contribution in [2.24, 2.45) is 5.92 Å². The van der Waals surface area contributed by atoms with Crippen molar-refractivity contribution in [3.8, 4) is 0 Å². The van der Waals surface area contributed by atoms with E-state index in [1.807, 2.05) is 0 Å². The van der Waals surface area contributed by atoms with E-state index in [4.69, 9.17) is 0 Å². The van der Waals surface area contributed by atoms with Crippen molar-refractivity contribution >= 4 is 21.8 Å². The van der Waals surface area contributed by atoms with Gasteiger partial charge >= 0.3 is 0 Å². The molecule has 1 rings (SSSR count). The molecule has 1 aliphatic carbocycles. The van der Waals surface area contributed by atoms with E-state index in [0.29, 0.717) is 5.92 Å². The third kappa shape index (κ3) is 5.01. The van der Waals surface area contributed by atoms with Crippen molar-refractivity contribution in [2.75, 3.05) is 5.33 Å². The quantitative estimate of drug-likeness (QED) is 0.767. The second-order valence-corrected chi connectivity index (χ2v) is 6.02. The highest BCUT2D eigenvalue weighted by Gasteiger charge is 2.23. The fourth-order valence-electron chi connectivity index (χ4n) is 2.20. The van der Waals surface area contributed by atoms with Crippen molar-refractivity contribution in [1.82, 2.24) is 5.32 Å². The lowest BCUT2D eigenvalue weighted by molar-refractivity contribution is -0.123. The van der Waals surface area contributed by atoms with Crippen LogP contribution in [-0.4, -0.2) is 16.8 Å². The van der Waals surface area contributed by atoms with Gasteiger partial charge in [0.2, 0.25) is 5.91 Å². The minimum atomic E-state index is -0.0703. The molecular formula is C12H22BrNO. The van der Waals surface area contributed by atoms with Gasteiger partial charge in [0.25, 0.3) is 0 Å². The zero-order chi connectivity index (χ0) is 11.3. The lowest BCUT2D eigenvalue weighted by Crippen LogP contribution is -2.44. The molecule has 88 valence electrons. The molecule has 0 aliphatic heterocycles. The molecule has 0 bridgehead atoms. The monoisotopic (exact) mass is 275 g/mol. The van der Waals surface area contributed by atoms with E-state index in [1.165, 1.54) is 25.7 Å². The van der Waals surface area contributed by atoms with Crippen LogP contribution in [0.15, 0.2) is 0 Å². The summed E-state index contributed by atoms with van der Waals surface area (Å²) in [5.41, 5.74) is -0.0703. The van der Waals surface area contributed by atoms with Crippen LogP contribution in [0.3, 0.4) is 0 Å². The second kappa shape index (κ2) is 5.88. The van der Waals surface area contributed by atoms with Crippen molar-refractivity contribution in [3.05, 3.63) is 0 Å². The van der Waals surface area contributed by atoms with E-state index in [-0.39, 0.29) is 11.4 Å². The number of carbonyl (C=O) groups excluding carboxylic acids is 1.